The molecule has 0 saturated carbocycles. The summed E-state index contributed by atoms with van der Waals surface area (Å²) < 4.78 is 4.52. The number of aromatic nitrogens is 2. The first-order chi connectivity index (χ1) is 6.83. The predicted octanol–water partition coefficient (Wildman–Crippen LogP) is 0.452. The molecule has 1 aromatic rings. The average molecular weight is 197 g/mol. The Morgan fingerprint density at radius 2 is 2.57 bits per heavy atom. The molecule has 0 unspecified atom stereocenters. The van der Waals surface area contributed by atoms with Crippen LogP contribution in [0, 0.1) is 0 Å². The molecule has 1 aromatic heterocycles. The quantitative estimate of drug-likeness (QED) is 0.513. The Bertz CT molecular complexity index is 259. The highest BCUT2D eigenvalue weighted by atomic mass is 16.5. The first-order valence-corrected chi connectivity index (χ1v) is 4.57. The zero-order valence-electron chi connectivity index (χ0n) is 8.25. The summed E-state index contributed by atoms with van der Waals surface area (Å²) in [6.45, 7) is 1.55. The summed E-state index contributed by atoms with van der Waals surface area (Å²) in [6, 6.07) is 0. The molecule has 0 fully saturated rings. The summed E-state index contributed by atoms with van der Waals surface area (Å²) >= 11 is 0. The van der Waals surface area contributed by atoms with Crippen LogP contribution in [-0.4, -0.2) is 29.6 Å². The molecule has 0 aliphatic rings. The zero-order valence-corrected chi connectivity index (χ0v) is 8.25. The fourth-order valence-electron chi connectivity index (χ4n) is 1.06. The molecule has 0 amide bonds. The van der Waals surface area contributed by atoms with Gasteiger partial charge in [-0.25, -0.2) is 4.98 Å². The number of nitrogens with zero attached hydrogens (tertiary/aromatic N) is 1. The van der Waals surface area contributed by atoms with Gasteiger partial charge in [0.15, 0.2) is 0 Å². The number of aromatic amines is 1. The molecule has 1 rings (SSSR count). The Kier molecular flexibility index (Phi) is 4.71. The van der Waals surface area contributed by atoms with Gasteiger partial charge in [-0.1, -0.05) is 0 Å². The van der Waals surface area contributed by atoms with Crippen LogP contribution in [0.2, 0.25) is 0 Å². The highest BCUT2D eigenvalue weighted by molar-refractivity contribution is 5.69. The van der Waals surface area contributed by atoms with Crippen molar-refractivity contribution in [3.05, 3.63) is 18.2 Å². The van der Waals surface area contributed by atoms with E-state index in [1.165, 1.54) is 7.11 Å². The maximum Gasteiger partial charge on any atom is 0.305 e. The number of methoxy groups -OCH3 is 1. The lowest BCUT2D eigenvalue weighted by Crippen LogP contribution is -2.16. The molecule has 5 heteroatoms. The Morgan fingerprint density at radius 3 is 3.21 bits per heavy atom. The molecule has 5 nitrogen and oxygen atoms in total. The average Bonchev–Trinajstić information content (AvgIpc) is 2.69. The molecule has 2 N–H and O–H groups in total. The molecule has 0 radical (unpaired) electrons. The van der Waals surface area contributed by atoms with E-state index in [4.69, 9.17) is 0 Å². The van der Waals surface area contributed by atoms with Gasteiger partial charge in [-0.05, 0) is 13.0 Å². The van der Waals surface area contributed by atoms with Gasteiger partial charge in [0.05, 0.1) is 13.4 Å². The van der Waals surface area contributed by atoms with Gasteiger partial charge in [-0.2, -0.15) is 0 Å². The van der Waals surface area contributed by atoms with Crippen molar-refractivity contribution in [1.82, 2.24) is 15.3 Å². The van der Waals surface area contributed by atoms with Gasteiger partial charge in [0.1, 0.15) is 0 Å². The molecular weight excluding hydrogens is 182 g/mol. The molecule has 1 heterocycles. The minimum Gasteiger partial charge on any atom is -0.469 e. The summed E-state index contributed by atoms with van der Waals surface area (Å²) in [4.78, 5) is 17.6. The summed E-state index contributed by atoms with van der Waals surface area (Å²) in [6.07, 6.45) is 4.67. The Labute approximate surface area is 82.9 Å². The van der Waals surface area contributed by atoms with Crippen LogP contribution in [0.15, 0.2) is 12.5 Å². The van der Waals surface area contributed by atoms with Crippen molar-refractivity contribution in [2.45, 2.75) is 19.4 Å². The van der Waals surface area contributed by atoms with Crippen molar-refractivity contribution < 1.29 is 9.53 Å². The number of rotatable bonds is 6. The smallest absolute Gasteiger partial charge is 0.305 e. The standard InChI is InChI=1S/C9H15N3O2/c1-14-9(13)3-2-4-10-5-8-6-11-7-12-8/h6-7,10H,2-5H2,1H3,(H,11,12). The third-order valence-corrected chi connectivity index (χ3v) is 1.83. The van der Waals surface area contributed by atoms with Crippen LogP contribution in [0.3, 0.4) is 0 Å². The second kappa shape index (κ2) is 6.15. The zero-order chi connectivity index (χ0) is 10.2. The number of carbonyl (C=O) groups is 1. The summed E-state index contributed by atoms with van der Waals surface area (Å²) in [5.74, 6) is -0.159. The predicted molar refractivity (Wildman–Crippen MR) is 51.5 cm³/mol. The van der Waals surface area contributed by atoms with Gasteiger partial charge < -0.3 is 15.0 Å². The lowest BCUT2D eigenvalue weighted by atomic mass is 10.3. The Hall–Kier alpha value is -1.36. The topological polar surface area (TPSA) is 67.0 Å². The fourth-order valence-corrected chi connectivity index (χ4v) is 1.06. The molecule has 0 atom stereocenters. The molecule has 0 aromatic carbocycles. The SMILES string of the molecule is COC(=O)CCCNCc1cnc[nH]1. The highest BCUT2D eigenvalue weighted by Gasteiger charge is 1.98. The van der Waals surface area contributed by atoms with Crippen LogP contribution in [0.4, 0.5) is 0 Å². The van der Waals surface area contributed by atoms with Crippen molar-refractivity contribution in [2.24, 2.45) is 0 Å². The first-order valence-electron chi connectivity index (χ1n) is 4.57. The summed E-state index contributed by atoms with van der Waals surface area (Å²) in [5, 5.41) is 3.19. The minimum atomic E-state index is -0.159. The molecule has 0 saturated heterocycles. The molecule has 78 valence electrons. The summed E-state index contributed by atoms with van der Waals surface area (Å²) in [7, 11) is 1.40. The number of esters is 1. The van der Waals surface area contributed by atoms with E-state index in [-0.39, 0.29) is 5.97 Å². The second-order valence-electron chi connectivity index (χ2n) is 2.93. The lowest BCUT2D eigenvalue weighted by molar-refractivity contribution is -0.140. The van der Waals surface area contributed by atoms with Crippen molar-refractivity contribution in [2.75, 3.05) is 13.7 Å². The number of H-pyrrole nitrogens is 1. The van der Waals surface area contributed by atoms with E-state index in [1.807, 2.05) is 0 Å². The van der Waals surface area contributed by atoms with Crippen LogP contribution >= 0.6 is 0 Å². The van der Waals surface area contributed by atoms with Crippen molar-refractivity contribution in [1.29, 1.82) is 0 Å². The van der Waals surface area contributed by atoms with E-state index >= 15 is 0 Å². The van der Waals surface area contributed by atoms with Crippen molar-refractivity contribution >= 4 is 5.97 Å². The highest BCUT2D eigenvalue weighted by Crippen LogP contribution is 1.92. The van der Waals surface area contributed by atoms with Gasteiger partial charge >= 0.3 is 5.97 Å². The van der Waals surface area contributed by atoms with Gasteiger partial charge in [0.25, 0.3) is 0 Å². The number of hydrogen-bond donors (Lipinski definition) is 2. The lowest BCUT2D eigenvalue weighted by Gasteiger charge is -2.01. The number of ether oxygens (including phenoxy) is 1. The van der Waals surface area contributed by atoms with E-state index in [0.717, 1.165) is 25.2 Å². The van der Waals surface area contributed by atoms with Crippen LogP contribution in [0.1, 0.15) is 18.5 Å². The van der Waals surface area contributed by atoms with Gasteiger partial charge in [-0.3, -0.25) is 4.79 Å². The number of imidazole rings is 1. The first kappa shape index (κ1) is 10.7. The molecule has 0 aliphatic heterocycles. The molecule has 14 heavy (non-hydrogen) atoms. The number of nitrogens with one attached hydrogen (secondary N) is 2. The van der Waals surface area contributed by atoms with Gasteiger partial charge in [0.2, 0.25) is 0 Å². The fraction of sp³-hybridized carbons (Fsp3) is 0.556. The third kappa shape index (κ3) is 4.04. The maximum atomic E-state index is 10.7. The minimum absolute atomic E-state index is 0.159. The second-order valence-corrected chi connectivity index (χ2v) is 2.93. The Morgan fingerprint density at radius 1 is 1.71 bits per heavy atom. The Balaban J connectivity index is 1.97. The van der Waals surface area contributed by atoms with Crippen LogP contribution in [0.5, 0.6) is 0 Å². The largest absolute Gasteiger partial charge is 0.469 e. The van der Waals surface area contributed by atoms with Gasteiger partial charge in [-0.15, -0.1) is 0 Å². The van der Waals surface area contributed by atoms with Crippen molar-refractivity contribution in [3.8, 4) is 0 Å². The monoisotopic (exact) mass is 197 g/mol. The van der Waals surface area contributed by atoms with E-state index < -0.39 is 0 Å². The van der Waals surface area contributed by atoms with Crippen LogP contribution < -0.4 is 5.32 Å². The number of hydrogen-bond acceptors (Lipinski definition) is 4. The van der Waals surface area contributed by atoms with E-state index in [0.29, 0.717) is 6.42 Å². The van der Waals surface area contributed by atoms with E-state index in [2.05, 4.69) is 20.0 Å². The molecule has 0 spiro atoms. The third-order valence-electron chi connectivity index (χ3n) is 1.83. The van der Waals surface area contributed by atoms with E-state index in [9.17, 15) is 4.79 Å². The van der Waals surface area contributed by atoms with Gasteiger partial charge in [0, 0.05) is 24.9 Å². The molecular formula is C9H15N3O2. The summed E-state index contributed by atoms with van der Waals surface area (Å²) in [5.41, 5.74) is 1.04. The number of carbonyl (C=O) groups excluding carboxylic acids is 1. The van der Waals surface area contributed by atoms with Crippen LogP contribution in [-0.2, 0) is 16.1 Å². The van der Waals surface area contributed by atoms with Crippen LogP contribution in [0.25, 0.3) is 0 Å². The molecule has 0 bridgehead atoms. The molecule has 0 aliphatic carbocycles. The van der Waals surface area contributed by atoms with E-state index in [1.54, 1.807) is 12.5 Å². The van der Waals surface area contributed by atoms with Crippen molar-refractivity contribution in [3.63, 3.8) is 0 Å². The maximum absolute atomic E-state index is 10.7. The normalized spacial score (nSPS) is 10.1.